The second kappa shape index (κ2) is 5.37. The number of aliphatic carboxylic acids is 1. The van der Waals surface area contributed by atoms with Gasteiger partial charge in [0.2, 0.25) is 0 Å². The van der Waals surface area contributed by atoms with Gasteiger partial charge in [0, 0.05) is 6.20 Å². The molecule has 1 aromatic heterocycles. The minimum Gasteiger partial charge on any atom is -0.476 e. The van der Waals surface area contributed by atoms with Gasteiger partial charge in [0.1, 0.15) is 5.82 Å². The fourth-order valence-electron chi connectivity index (χ4n) is 1.02. The number of hydrogen-bond donors (Lipinski definition) is 4. The zero-order valence-corrected chi connectivity index (χ0v) is 9.55. The van der Waals surface area contributed by atoms with E-state index in [1.165, 1.54) is 6.20 Å². The van der Waals surface area contributed by atoms with Gasteiger partial charge in [-0.3, -0.25) is 9.99 Å². The van der Waals surface area contributed by atoms with Gasteiger partial charge in [0.05, 0.1) is 17.3 Å². The first-order valence-electron chi connectivity index (χ1n) is 4.53. The van der Waals surface area contributed by atoms with Gasteiger partial charge in [-0.1, -0.05) is 11.6 Å². The minimum atomic E-state index is -1.33. The lowest BCUT2D eigenvalue weighted by atomic mass is 10.3. The lowest BCUT2D eigenvalue weighted by Crippen LogP contribution is -2.37. The number of hydrazine groups is 1. The maximum absolute atomic E-state index is 10.6. The molecule has 0 aliphatic carbocycles. The van der Waals surface area contributed by atoms with Gasteiger partial charge in [-0.2, -0.15) is 0 Å². The van der Waals surface area contributed by atoms with E-state index in [-0.39, 0.29) is 12.4 Å². The molecule has 0 amide bonds. The average Bonchev–Trinajstić information content (AvgIpc) is 2.30. The predicted octanol–water partition coefficient (Wildman–Crippen LogP) is -0.418. The average molecular weight is 258 g/mol. The Hall–Kier alpha value is -1.99. The fraction of sp³-hybridized carbons (Fsp3) is 0.111. The fourth-order valence-corrected chi connectivity index (χ4v) is 1.14. The highest BCUT2D eigenvalue weighted by Crippen LogP contribution is 2.08. The number of pyridine rings is 1. The van der Waals surface area contributed by atoms with E-state index in [4.69, 9.17) is 34.0 Å². The molecule has 0 unspecified atom stereocenters. The monoisotopic (exact) mass is 257 g/mol. The van der Waals surface area contributed by atoms with Crippen molar-refractivity contribution in [3.8, 4) is 0 Å². The number of rotatable bonds is 4. The predicted molar refractivity (Wildman–Crippen MR) is 62.0 cm³/mol. The summed E-state index contributed by atoms with van der Waals surface area (Å²) < 4.78 is 0. The van der Waals surface area contributed by atoms with Crippen LogP contribution in [0, 0.1) is 0 Å². The number of carbonyl (C=O) groups is 1. The second-order valence-electron chi connectivity index (χ2n) is 3.20. The normalized spacial score (nSPS) is 11.9. The third kappa shape index (κ3) is 3.51. The molecule has 0 bridgehead atoms. The van der Waals surface area contributed by atoms with Crippen LogP contribution in [0.25, 0.3) is 0 Å². The molecular weight excluding hydrogens is 246 g/mol. The van der Waals surface area contributed by atoms with Crippen molar-refractivity contribution in [2.45, 2.75) is 6.54 Å². The van der Waals surface area contributed by atoms with Crippen molar-refractivity contribution < 1.29 is 9.90 Å². The number of carboxylic acids is 1. The van der Waals surface area contributed by atoms with Crippen molar-refractivity contribution in [1.82, 2.24) is 9.99 Å². The zero-order chi connectivity index (χ0) is 13.0. The molecule has 0 atom stereocenters. The first-order valence-corrected chi connectivity index (χ1v) is 4.90. The Labute approximate surface area is 102 Å². The summed E-state index contributed by atoms with van der Waals surface area (Å²) in [6, 6.07) is 3.28. The van der Waals surface area contributed by atoms with Gasteiger partial charge in [0.25, 0.3) is 0 Å². The molecule has 0 radical (unpaired) electrons. The topological polar surface area (TPSA) is 131 Å². The highest BCUT2D eigenvalue weighted by molar-refractivity contribution is 6.30. The Balaban J connectivity index is 2.79. The van der Waals surface area contributed by atoms with E-state index < -0.39 is 11.7 Å². The summed E-state index contributed by atoms with van der Waals surface area (Å²) in [5, 5.41) is 10.1. The Morgan fingerprint density at radius 3 is 2.59 bits per heavy atom. The smallest absolute Gasteiger partial charge is 0.355 e. The van der Waals surface area contributed by atoms with Crippen LogP contribution in [0.1, 0.15) is 5.69 Å². The van der Waals surface area contributed by atoms with Crippen LogP contribution >= 0.6 is 11.6 Å². The maximum Gasteiger partial charge on any atom is 0.355 e. The zero-order valence-electron chi connectivity index (χ0n) is 8.80. The molecule has 7 N–H and O–H groups in total. The number of carboxylic acid groups (broad SMARTS) is 1. The Morgan fingerprint density at radius 2 is 2.12 bits per heavy atom. The lowest BCUT2D eigenvalue weighted by Gasteiger charge is -2.18. The highest BCUT2D eigenvalue weighted by atomic mass is 35.5. The van der Waals surface area contributed by atoms with Crippen LogP contribution in [0.2, 0.25) is 5.02 Å². The van der Waals surface area contributed by atoms with Crippen LogP contribution < -0.4 is 17.3 Å². The molecule has 0 aliphatic heterocycles. The number of halogens is 1. The summed E-state index contributed by atoms with van der Waals surface area (Å²) in [6.45, 7) is 0.122. The van der Waals surface area contributed by atoms with Gasteiger partial charge in [-0.25, -0.2) is 10.6 Å². The van der Waals surface area contributed by atoms with Crippen molar-refractivity contribution in [1.29, 1.82) is 0 Å². The Kier molecular flexibility index (Phi) is 4.13. The molecule has 7 nitrogen and oxygen atoms in total. The van der Waals surface area contributed by atoms with Crippen LogP contribution in [0.15, 0.2) is 29.8 Å². The Morgan fingerprint density at radius 1 is 1.47 bits per heavy atom. The molecule has 1 rings (SSSR count). The first-order chi connectivity index (χ1) is 7.91. The SMILES string of the molecule is N/C(C(=O)O)=C(/N)N(N)Cc1ccc(Cl)cn1. The molecule has 0 aliphatic rings. The third-order valence-electron chi connectivity index (χ3n) is 1.94. The quantitative estimate of drug-likeness (QED) is 0.327. The van der Waals surface area contributed by atoms with E-state index in [9.17, 15) is 4.79 Å². The third-order valence-corrected chi connectivity index (χ3v) is 2.16. The van der Waals surface area contributed by atoms with Crippen LogP contribution in [0.5, 0.6) is 0 Å². The lowest BCUT2D eigenvalue weighted by molar-refractivity contribution is -0.132. The summed E-state index contributed by atoms with van der Waals surface area (Å²) in [4.78, 5) is 14.5. The van der Waals surface area contributed by atoms with Crippen molar-refractivity contribution in [2.24, 2.45) is 17.3 Å². The molecule has 0 spiro atoms. The van der Waals surface area contributed by atoms with E-state index in [1.54, 1.807) is 12.1 Å². The molecule has 0 saturated carbocycles. The van der Waals surface area contributed by atoms with Crippen molar-refractivity contribution in [2.75, 3.05) is 0 Å². The van der Waals surface area contributed by atoms with E-state index in [1.807, 2.05) is 0 Å². The number of aromatic nitrogens is 1. The summed E-state index contributed by atoms with van der Waals surface area (Å²) in [6.07, 6.45) is 1.45. The van der Waals surface area contributed by atoms with E-state index in [0.29, 0.717) is 10.7 Å². The van der Waals surface area contributed by atoms with E-state index in [0.717, 1.165) is 5.01 Å². The second-order valence-corrected chi connectivity index (χ2v) is 3.64. The number of nitrogens with two attached hydrogens (primary N) is 3. The minimum absolute atomic E-state index is 0.122. The molecule has 1 heterocycles. The van der Waals surface area contributed by atoms with Crippen LogP contribution in [0.4, 0.5) is 0 Å². The maximum atomic E-state index is 10.6. The number of hydrogen-bond acceptors (Lipinski definition) is 6. The van der Waals surface area contributed by atoms with Gasteiger partial charge in [-0.15, -0.1) is 0 Å². The van der Waals surface area contributed by atoms with Crippen LogP contribution in [-0.2, 0) is 11.3 Å². The summed E-state index contributed by atoms with van der Waals surface area (Å²) in [5.41, 5.74) is 10.8. The number of nitrogens with zero attached hydrogens (tertiary/aromatic N) is 2. The van der Waals surface area contributed by atoms with Gasteiger partial charge >= 0.3 is 5.97 Å². The van der Waals surface area contributed by atoms with Crippen LogP contribution in [-0.4, -0.2) is 21.1 Å². The summed E-state index contributed by atoms with van der Waals surface area (Å²) >= 11 is 5.66. The molecule has 0 fully saturated rings. The first kappa shape index (κ1) is 13.1. The molecule has 92 valence electrons. The molecule has 17 heavy (non-hydrogen) atoms. The molecule has 0 saturated heterocycles. The molecule has 0 aromatic carbocycles. The van der Waals surface area contributed by atoms with Crippen molar-refractivity contribution >= 4 is 17.6 Å². The van der Waals surface area contributed by atoms with Crippen LogP contribution in [0.3, 0.4) is 0 Å². The van der Waals surface area contributed by atoms with Gasteiger partial charge in [0.15, 0.2) is 5.70 Å². The van der Waals surface area contributed by atoms with Gasteiger partial charge in [-0.05, 0) is 12.1 Å². The van der Waals surface area contributed by atoms with E-state index >= 15 is 0 Å². The van der Waals surface area contributed by atoms with Crippen molar-refractivity contribution in [3.63, 3.8) is 0 Å². The molecule has 1 aromatic rings. The van der Waals surface area contributed by atoms with Crippen molar-refractivity contribution in [3.05, 3.63) is 40.6 Å². The Bertz CT molecular complexity index is 445. The standard InChI is InChI=1S/C9H12ClN5O2/c10-5-1-2-6(14-3-5)4-15(13)8(12)7(11)9(16)17/h1-3H,4,11-13H2,(H,16,17)/b8-7-. The van der Waals surface area contributed by atoms with Gasteiger partial charge < -0.3 is 16.6 Å². The summed E-state index contributed by atoms with van der Waals surface area (Å²) in [7, 11) is 0. The largest absolute Gasteiger partial charge is 0.476 e. The summed E-state index contributed by atoms with van der Waals surface area (Å²) in [5.74, 6) is 4.00. The molecule has 8 heteroatoms. The highest BCUT2D eigenvalue weighted by Gasteiger charge is 2.12. The molecular formula is C9H12ClN5O2. The van der Waals surface area contributed by atoms with E-state index in [2.05, 4.69) is 4.98 Å².